The summed E-state index contributed by atoms with van der Waals surface area (Å²) in [6.07, 6.45) is 2.29. The number of carbonyl (C=O) groups is 1. The van der Waals surface area contributed by atoms with Gasteiger partial charge in [-0.05, 0) is 41.3 Å². The van der Waals surface area contributed by atoms with E-state index in [1.165, 1.54) is 4.88 Å². The maximum absolute atomic E-state index is 12.0. The molecule has 1 fully saturated rings. The summed E-state index contributed by atoms with van der Waals surface area (Å²) in [5, 5.41) is 11.0. The summed E-state index contributed by atoms with van der Waals surface area (Å²) in [7, 11) is 1.78. The number of halogens is 1. The van der Waals surface area contributed by atoms with E-state index < -0.39 is 5.41 Å². The smallest absolute Gasteiger partial charge is 0.242 e. The highest BCUT2D eigenvalue weighted by atomic mass is 79.9. The van der Waals surface area contributed by atoms with E-state index in [1.807, 2.05) is 5.38 Å². The molecule has 1 saturated carbocycles. The minimum absolute atomic E-state index is 0.0179. The van der Waals surface area contributed by atoms with Crippen LogP contribution in [0.15, 0.2) is 15.9 Å². The van der Waals surface area contributed by atoms with E-state index in [2.05, 4.69) is 28.1 Å². The van der Waals surface area contributed by atoms with Crippen molar-refractivity contribution in [2.45, 2.75) is 19.3 Å². The number of likely N-dealkylation sites (N-methyl/N-ethyl adjacent to an activating group) is 1. The molecule has 1 aromatic heterocycles. The molecule has 17 heavy (non-hydrogen) atoms. The molecule has 3 nitrogen and oxygen atoms in total. The second-order valence-corrected chi connectivity index (χ2v) is 6.31. The Hall–Kier alpha value is -0.860. The van der Waals surface area contributed by atoms with Gasteiger partial charge in [-0.15, -0.1) is 11.3 Å². The monoisotopic (exact) mass is 312 g/mol. The minimum atomic E-state index is -0.690. The standard InChI is InChI=1S/C12H13BrN2OS/c1-15(11(16)12(8-14)3-4-12)5-2-10-6-9(13)7-17-10/h6-7H,2-5H2,1H3. The van der Waals surface area contributed by atoms with Crippen LogP contribution in [0.25, 0.3) is 0 Å². The topological polar surface area (TPSA) is 44.1 Å². The molecule has 0 aromatic carbocycles. The largest absolute Gasteiger partial charge is 0.344 e. The number of hydrogen-bond acceptors (Lipinski definition) is 3. The van der Waals surface area contributed by atoms with Crippen LogP contribution in [0, 0.1) is 16.7 Å². The number of thiophene rings is 1. The van der Waals surface area contributed by atoms with Gasteiger partial charge in [-0.25, -0.2) is 0 Å². The van der Waals surface area contributed by atoms with Crippen molar-refractivity contribution in [1.82, 2.24) is 4.90 Å². The summed E-state index contributed by atoms with van der Waals surface area (Å²) in [4.78, 5) is 14.9. The summed E-state index contributed by atoms with van der Waals surface area (Å²) in [5.41, 5.74) is -0.690. The third-order valence-corrected chi connectivity index (χ3v) is 4.79. The van der Waals surface area contributed by atoms with E-state index in [0.717, 1.165) is 23.7 Å². The molecule has 1 heterocycles. The molecule has 5 heteroatoms. The zero-order chi connectivity index (χ0) is 12.5. The van der Waals surface area contributed by atoms with E-state index in [9.17, 15) is 4.79 Å². The highest BCUT2D eigenvalue weighted by Crippen LogP contribution is 2.46. The molecule has 0 unspecified atom stereocenters. The molecule has 1 aliphatic carbocycles. The molecule has 1 amide bonds. The molecule has 0 atom stereocenters. The van der Waals surface area contributed by atoms with Crippen LogP contribution >= 0.6 is 27.3 Å². The van der Waals surface area contributed by atoms with Crippen molar-refractivity contribution in [3.63, 3.8) is 0 Å². The fourth-order valence-electron chi connectivity index (χ4n) is 1.73. The first-order valence-corrected chi connectivity index (χ1v) is 7.14. The van der Waals surface area contributed by atoms with Gasteiger partial charge in [-0.3, -0.25) is 4.79 Å². The Balaban J connectivity index is 1.88. The van der Waals surface area contributed by atoms with Crippen molar-refractivity contribution in [1.29, 1.82) is 5.26 Å². The van der Waals surface area contributed by atoms with Crippen LogP contribution in [0.1, 0.15) is 17.7 Å². The lowest BCUT2D eigenvalue weighted by molar-refractivity contribution is -0.133. The third kappa shape index (κ3) is 2.70. The molecule has 2 rings (SSSR count). The number of hydrogen-bond donors (Lipinski definition) is 0. The molecule has 0 aliphatic heterocycles. The average molecular weight is 313 g/mol. The van der Waals surface area contributed by atoms with E-state index >= 15 is 0 Å². The third-order valence-electron chi connectivity index (χ3n) is 3.04. The fourth-order valence-corrected chi connectivity index (χ4v) is 3.17. The highest BCUT2D eigenvalue weighted by molar-refractivity contribution is 9.10. The lowest BCUT2D eigenvalue weighted by atomic mass is 10.1. The molecule has 90 valence electrons. The Morgan fingerprint density at radius 3 is 2.88 bits per heavy atom. The van der Waals surface area contributed by atoms with E-state index in [4.69, 9.17) is 5.26 Å². The first kappa shape index (κ1) is 12.6. The molecule has 0 bridgehead atoms. The van der Waals surface area contributed by atoms with Gasteiger partial charge >= 0.3 is 0 Å². The van der Waals surface area contributed by atoms with Gasteiger partial charge in [0.2, 0.25) is 5.91 Å². The van der Waals surface area contributed by atoms with Crippen molar-refractivity contribution < 1.29 is 4.79 Å². The molecular weight excluding hydrogens is 300 g/mol. The van der Waals surface area contributed by atoms with Gasteiger partial charge in [0.1, 0.15) is 5.41 Å². The van der Waals surface area contributed by atoms with Crippen LogP contribution < -0.4 is 0 Å². The van der Waals surface area contributed by atoms with Crippen molar-refractivity contribution in [3.05, 3.63) is 20.8 Å². The van der Waals surface area contributed by atoms with Crippen LogP contribution in [0.4, 0.5) is 0 Å². The SMILES string of the molecule is CN(CCc1cc(Br)cs1)C(=O)C1(C#N)CC1. The highest BCUT2D eigenvalue weighted by Gasteiger charge is 2.51. The predicted octanol–water partition coefficient (Wildman–Crippen LogP) is 2.82. The van der Waals surface area contributed by atoms with Gasteiger partial charge < -0.3 is 4.90 Å². The lowest BCUT2D eigenvalue weighted by Crippen LogP contribution is -2.34. The Morgan fingerprint density at radius 2 is 2.41 bits per heavy atom. The summed E-state index contributed by atoms with van der Waals surface area (Å²) < 4.78 is 1.09. The van der Waals surface area contributed by atoms with Crippen molar-refractivity contribution in [2.75, 3.05) is 13.6 Å². The van der Waals surface area contributed by atoms with E-state index in [-0.39, 0.29) is 5.91 Å². The van der Waals surface area contributed by atoms with Crippen LogP contribution in [-0.2, 0) is 11.2 Å². The zero-order valence-corrected chi connectivity index (χ0v) is 12.0. The normalized spacial score (nSPS) is 16.3. The second-order valence-electron chi connectivity index (χ2n) is 4.40. The molecule has 0 N–H and O–H groups in total. The fraction of sp³-hybridized carbons (Fsp3) is 0.500. The van der Waals surface area contributed by atoms with Crippen LogP contribution in [0.5, 0.6) is 0 Å². The molecular formula is C12H13BrN2OS. The van der Waals surface area contributed by atoms with E-state index in [1.54, 1.807) is 23.3 Å². The first-order chi connectivity index (χ1) is 8.07. The van der Waals surface area contributed by atoms with Crippen LogP contribution in [0.3, 0.4) is 0 Å². The zero-order valence-electron chi connectivity index (χ0n) is 9.57. The Labute approximate surface area is 113 Å². The van der Waals surface area contributed by atoms with Crippen molar-refractivity contribution in [2.24, 2.45) is 5.41 Å². The van der Waals surface area contributed by atoms with Gasteiger partial charge in [-0.2, -0.15) is 5.26 Å². The molecule has 1 aliphatic rings. The number of nitrogens with zero attached hydrogens (tertiary/aromatic N) is 2. The Bertz CT molecular complexity index is 473. The number of amides is 1. The maximum atomic E-state index is 12.0. The molecule has 1 aromatic rings. The second kappa shape index (κ2) is 4.79. The molecule has 0 spiro atoms. The van der Waals surface area contributed by atoms with Gasteiger partial charge in [0.25, 0.3) is 0 Å². The van der Waals surface area contributed by atoms with Crippen molar-refractivity contribution in [3.8, 4) is 6.07 Å². The predicted molar refractivity (Wildman–Crippen MR) is 70.6 cm³/mol. The number of carbonyl (C=O) groups excluding carboxylic acids is 1. The Kier molecular flexibility index (Phi) is 3.55. The van der Waals surface area contributed by atoms with E-state index in [0.29, 0.717) is 6.54 Å². The number of nitriles is 1. The van der Waals surface area contributed by atoms with Gasteiger partial charge in [0.15, 0.2) is 0 Å². The summed E-state index contributed by atoms with van der Waals surface area (Å²) in [6.45, 7) is 0.676. The average Bonchev–Trinajstić information content (AvgIpc) is 3.03. The van der Waals surface area contributed by atoms with Gasteiger partial charge in [0.05, 0.1) is 6.07 Å². The summed E-state index contributed by atoms with van der Waals surface area (Å²) >= 11 is 5.09. The summed E-state index contributed by atoms with van der Waals surface area (Å²) in [6, 6.07) is 4.21. The Morgan fingerprint density at radius 1 is 1.71 bits per heavy atom. The van der Waals surface area contributed by atoms with Gasteiger partial charge in [0, 0.05) is 28.3 Å². The first-order valence-electron chi connectivity index (χ1n) is 5.47. The summed E-state index contributed by atoms with van der Waals surface area (Å²) in [5.74, 6) is -0.0179. The quantitative estimate of drug-likeness (QED) is 0.858. The van der Waals surface area contributed by atoms with Crippen molar-refractivity contribution >= 4 is 33.2 Å². The number of rotatable bonds is 4. The van der Waals surface area contributed by atoms with Gasteiger partial charge in [-0.1, -0.05) is 0 Å². The van der Waals surface area contributed by atoms with Crippen LogP contribution in [0.2, 0.25) is 0 Å². The minimum Gasteiger partial charge on any atom is -0.344 e. The lowest BCUT2D eigenvalue weighted by Gasteiger charge is -2.19. The van der Waals surface area contributed by atoms with Crippen LogP contribution in [-0.4, -0.2) is 24.4 Å². The maximum Gasteiger partial charge on any atom is 0.242 e. The molecule has 0 saturated heterocycles. The molecule has 0 radical (unpaired) electrons.